The topological polar surface area (TPSA) is 55.1 Å². The van der Waals surface area contributed by atoms with Crippen molar-refractivity contribution < 1.29 is 27.5 Å². The van der Waals surface area contributed by atoms with Crippen molar-refractivity contribution in [1.29, 1.82) is 0 Å². The molecule has 0 atom stereocenters. The van der Waals surface area contributed by atoms with Crippen molar-refractivity contribution >= 4 is 17.7 Å². The summed E-state index contributed by atoms with van der Waals surface area (Å²) in [5, 5.41) is 8.57. The maximum Gasteiger partial charge on any atom is 0.324 e. The SMILES string of the molecule is CC(C)c1cnc(SCC(=O)O)n1CC(F)(F)C(F)F. The van der Waals surface area contributed by atoms with Crippen LogP contribution in [-0.2, 0) is 11.3 Å². The summed E-state index contributed by atoms with van der Waals surface area (Å²) in [5.41, 5.74) is 0.359. The summed E-state index contributed by atoms with van der Waals surface area (Å²) in [6.45, 7) is 2.19. The van der Waals surface area contributed by atoms with Crippen molar-refractivity contribution in [3.05, 3.63) is 11.9 Å². The van der Waals surface area contributed by atoms with Crippen molar-refractivity contribution in [2.45, 2.75) is 43.8 Å². The van der Waals surface area contributed by atoms with E-state index in [4.69, 9.17) is 5.11 Å². The Morgan fingerprint density at radius 3 is 2.55 bits per heavy atom. The second-order valence-corrected chi connectivity index (χ2v) is 5.39. The number of hydrogen-bond donors (Lipinski definition) is 1. The molecule has 0 aliphatic carbocycles. The molecule has 1 N–H and O–H groups in total. The summed E-state index contributed by atoms with van der Waals surface area (Å²) in [7, 11) is 0. The van der Waals surface area contributed by atoms with Gasteiger partial charge in [0.25, 0.3) is 0 Å². The molecule has 1 aromatic rings. The molecule has 0 saturated carbocycles. The number of thioether (sulfide) groups is 1. The number of aliphatic carboxylic acids is 1. The average Bonchev–Trinajstić information content (AvgIpc) is 2.68. The third-order valence-electron chi connectivity index (χ3n) is 2.45. The van der Waals surface area contributed by atoms with Gasteiger partial charge in [-0.1, -0.05) is 25.6 Å². The van der Waals surface area contributed by atoms with Gasteiger partial charge in [-0.2, -0.15) is 8.78 Å². The number of rotatable bonds is 7. The minimum absolute atomic E-state index is 0.00331. The Kier molecular flexibility index (Phi) is 5.43. The van der Waals surface area contributed by atoms with E-state index in [1.54, 1.807) is 13.8 Å². The van der Waals surface area contributed by atoms with Gasteiger partial charge in [0.1, 0.15) is 0 Å². The lowest BCUT2D eigenvalue weighted by molar-refractivity contribution is -0.139. The van der Waals surface area contributed by atoms with E-state index in [0.717, 1.165) is 16.3 Å². The van der Waals surface area contributed by atoms with Crippen LogP contribution in [0.2, 0.25) is 0 Å². The fourth-order valence-corrected chi connectivity index (χ4v) is 2.22. The molecule has 9 heteroatoms. The Balaban J connectivity index is 3.06. The van der Waals surface area contributed by atoms with E-state index in [9.17, 15) is 22.4 Å². The summed E-state index contributed by atoms with van der Waals surface area (Å²) in [6.07, 6.45) is -2.49. The molecular weight excluding hydrogens is 300 g/mol. The normalized spacial score (nSPS) is 12.4. The van der Waals surface area contributed by atoms with E-state index >= 15 is 0 Å². The van der Waals surface area contributed by atoms with Gasteiger partial charge < -0.3 is 9.67 Å². The molecule has 20 heavy (non-hydrogen) atoms. The molecule has 4 nitrogen and oxygen atoms in total. The van der Waals surface area contributed by atoms with E-state index < -0.39 is 24.9 Å². The zero-order valence-electron chi connectivity index (χ0n) is 10.8. The highest BCUT2D eigenvalue weighted by molar-refractivity contribution is 7.99. The number of nitrogens with zero attached hydrogens (tertiary/aromatic N) is 2. The van der Waals surface area contributed by atoms with Gasteiger partial charge in [-0.15, -0.1) is 0 Å². The molecule has 114 valence electrons. The number of aromatic nitrogens is 2. The highest BCUT2D eigenvalue weighted by atomic mass is 32.2. The van der Waals surface area contributed by atoms with Crippen LogP contribution in [0.3, 0.4) is 0 Å². The number of hydrogen-bond acceptors (Lipinski definition) is 3. The lowest BCUT2D eigenvalue weighted by Gasteiger charge is -2.20. The quantitative estimate of drug-likeness (QED) is 0.621. The standard InChI is InChI=1S/C11H14F4N2O2S/c1-6(2)7-3-16-10(20-4-8(18)19)17(7)5-11(14,15)9(12)13/h3,6,9H,4-5H2,1-2H3,(H,18,19). The van der Waals surface area contributed by atoms with Crippen LogP contribution in [0.1, 0.15) is 25.5 Å². The number of alkyl halides is 4. The van der Waals surface area contributed by atoms with Crippen LogP contribution in [0.5, 0.6) is 0 Å². The van der Waals surface area contributed by atoms with Gasteiger partial charge in [-0.3, -0.25) is 4.79 Å². The monoisotopic (exact) mass is 314 g/mol. The molecule has 0 saturated heterocycles. The van der Waals surface area contributed by atoms with Crippen molar-refractivity contribution in [2.75, 3.05) is 5.75 Å². The lowest BCUT2D eigenvalue weighted by Crippen LogP contribution is -2.33. The summed E-state index contributed by atoms with van der Waals surface area (Å²) in [6, 6.07) is 0. The van der Waals surface area contributed by atoms with Crippen molar-refractivity contribution in [1.82, 2.24) is 9.55 Å². The minimum atomic E-state index is -4.19. The van der Waals surface area contributed by atoms with E-state index in [0.29, 0.717) is 5.69 Å². The zero-order chi connectivity index (χ0) is 15.5. The number of imidazole rings is 1. The first-order valence-corrected chi connectivity index (χ1v) is 6.69. The van der Waals surface area contributed by atoms with Crippen molar-refractivity contribution in [2.24, 2.45) is 0 Å². The first kappa shape index (κ1) is 16.8. The third-order valence-corrected chi connectivity index (χ3v) is 3.43. The van der Waals surface area contributed by atoms with Gasteiger partial charge in [0.2, 0.25) is 0 Å². The van der Waals surface area contributed by atoms with Gasteiger partial charge in [0, 0.05) is 11.9 Å². The molecule has 0 aromatic carbocycles. The molecule has 1 aromatic heterocycles. The van der Waals surface area contributed by atoms with Crippen LogP contribution in [0.15, 0.2) is 11.4 Å². The molecule has 0 radical (unpaired) electrons. The van der Waals surface area contributed by atoms with Gasteiger partial charge in [-0.25, -0.2) is 13.8 Å². The number of carboxylic acids is 1. The third kappa shape index (κ3) is 4.12. The van der Waals surface area contributed by atoms with Gasteiger partial charge >= 0.3 is 18.3 Å². The van der Waals surface area contributed by atoms with Crippen LogP contribution in [-0.4, -0.2) is 38.7 Å². The fourth-order valence-electron chi connectivity index (χ4n) is 1.51. The molecular formula is C11H14F4N2O2S. The smallest absolute Gasteiger partial charge is 0.324 e. The highest BCUT2D eigenvalue weighted by Gasteiger charge is 2.42. The summed E-state index contributed by atoms with van der Waals surface area (Å²) < 4.78 is 52.0. The van der Waals surface area contributed by atoms with E-state index in [1.807, 2.05) is 0 Å². The number of carbonyl (C=O) groups is 1. The summed E-state index contributed by atoms with van der Waals surface area (Å²) in [5.74, 6) is -5.91. The fraction of sp³-hybridized carbons (Fsp3) is 0.636. The molecule has 0 aliphatic heterocycles. The predicted molar refractivity (Wildman–Crippen MR) is 65.6 cm³/mol. The van der Waals surface area contributed by atoms with Crippen LogP contribution in [0.4, 0.5) is 17.6 Å². The second kappa shape index (κ2) is 6.47. The van der Waals surface area contributed by atoms with Gasteiger partial charge in [0.15, 0.2) is 5.16 Å². The van der Waals surface area contributed by atoms with E-state index in [1.165, 1.54) is 6.20 Å². The van der Waals surface area contributed by atoms with E-state index in [2.05, 4.69) is 4.98 Å². The molecule has 0 fully saturated rings. The number of halogens is 4. The van der Waals surface area contributed by atoms with E-state index in [-0.39, 0.29) is 16.8 Å². The zero-order valence-corrected chi connectivity index (χ0v) is 11.6. The number of carboxylic acid groups (broad SMARTS) is 1. The summed E-state index contributed by atoms with van der Waals surface area (Å²) in [4.78, 5) is 14.3. The Labute approximate surface area is 117 Å². The molecule has 0 spiro atoms. The molecule has 1 rings (SSSR count). The predicted octanol–water partition coefficient (Wildman–Crippen LogP) is 3.08. The molecule has 1 heterocycles. The van der Waals surface area contributed by atoms with Gasteiger partial charge in [0.05, 0.1) is 12.3 Å². The Morgan fingerprint density at radius 2 is 2.10 bits per heavy atom. The second-order valence-electron chi connectivity index (χ2n) is 4.45. The van der Waals surface area contributed by atoms with Crippen LogP contribution in [0.25, 0.3) is 0 Å². The molecule has 0 aliphatic rings. The molecule has 0 unspecified atom stereocenters. The maximum absolute atomic E-state index is 13.2. The Hall–Kier alpha value is -1.25. The van der Waals surface area contributed by atoms with Crippen molar-refractivity contribution in [3.8, 4) is 0 Å². The Bertz CT molecular complexity index is 477. The van der Waals surface area contributed by atoms with Crippen LogP contribution in [0, 0.1) is 0 Å². The van der Waals surface area contributed by atoms with Crippen LogP contribution >= 0.6 is 11.8 Å². The average molecular weight is 314 g/mol. The van der Waals surface area contributed by atoms with Crippen LogP contribution < -0.4 is 0 Å². The van der Waals surface area contributed by atoms with Crippen molar-refractivity contribution in [3.63, 3.8) is 0 Å². The lowest BCUT2D eigenvalue weighted by atomic mass is 10.1. The first-order valence-electron chi connectivity index (χ1n) is 5.71. The maximum atomic E-state index is 13.2. The largest absolute Gasteiger partial charge is 0.481 e. The molecule has 0 bridgehead atoms. The van der Waals surface area contributed by atoms with Gasteiger partial charge in [-0.05, 0) is 5.92 Å². The summed E-state index contributed by atoms with van der Waals surface area (Å²) >= 11 is 0.720. The first-order chi connectivity index (χ1) is 9.15. The Morgan fingerprint density at radius 1 is 1.50 bits per heavy atom. The highest BCUT2D eigenvalue weighted by Crippen LogP contribution is 2.30. The molecule has 0 amide bonds. The minimum Gasteiger partial charge on any atom is -0.481 e.